The molecule has 2 aromatic carbocycles. The standard InChI is InChI=1S/C23H23NO5S/c1-4-28-22(26)16(3)24-21(25)20(30-23(24)27)13-17-9-11-19(12-10-17)29-14-18-7-5-15(2)6-8-18/h5-13,16H,4,14H2,1-3H3/b20-13+/t16-/m1/s1. The van der Waals surface area contributed by atoms with Crippen LogP contribution in [0.3, 0.4) is 0 Å². The summed E-state index contributed by atoms with van der Waals surface area (Å²) in [6.07, 6.45) is 1.63. The van der Waals surface area contributed by atoms with Crippen LogP contribution >= 0.6 is 11.8 Å². The summed E-state index contributed by atoms with van der Waals surface area (Å²) in [7, 11) is 0. The third-order valence-corrected chi connectivity index (χ3v) is 5.43. The van der Waals surface area contributed by atoms with Gasteiger partial charge in [-0.05, 0) is 61.9 Å². The van der Waals surface area contributed by atoms with Crippen molar-refractivity contribution in [3.05, 3.63) is 70.1 Å². The van der Waals surface area contributed by atoms with Crippen LogP contribution in [-0.2, 0) is 20.9 Å². The Labute approximate surface area is 179 Å². The maximum Gasteiger partial charge on any atom is 0.329 e. The number of esters is 1. The molecule has 0 unspecified atom stereocenters. The van der Waals surface area contributed by atoms with Crippen molar-refractivity contribution in [1.29, 1.82) is 0 Å². The second kappa shape index (κ2) is 9.63. The molecule has 1 aliphatic rings. The molecule has 0 N–H and O–H groups in total. The predicted molar refractivity (Wildman–Crippen MR) is 116 cm³/mol. The third kappa shape index (κ3) is 5.10. The SMILES string of the molecule is CCOC(=O)[C@@H](C)N1C(=O)S/C(=C/c2ccc(OCc3ccc(C)cc3)cc2)C1=O. The van der Waals surface area contributed by atoms with Crippen molar-refractivity contribution in [2.75, 3.05) is 6.61 Å². The Balaban J connectivity index is 1.65. The molecular weight excluding hydrogens is 402 g/mol. The van der Waals surface area contributed by atoms with Gasteiger partial charge in [0, 0.05) is 0 Å². The van der Waals surface area contributed by atoms with Gasteiger partial charge in [0.05, 0.1) is 11.5 Å². The first-order chi connectivity index (χ1) is 14.4. The molecule has 2 aromatic rings. The van der Waals surface area contributed by atoms with Crippen LogP contribution in [0.2, 0.25) is 0 Å². The molecule has 1 atom stereocenters. The van der Waals surface area contributed by atoms with Gasteiger partial charge in [0.15, 0.2) is 0 Å². The smallest absolute Gasteiger partial charge is 0.329 e. The number of carbonyl (C=O) groups excluding carboxylic acids is 3. The minimum atomic E-state index is -0.957. The minimum absolute atomic E-state index is 0.188. The van der Waals surface area contributed by atoms with E-state index in [-0.39, 0.29) is 11.5 Å². The normalized spacial score (nSPS) is 16.1. The molecule has 7 heteroatoms. The molecule has 0 spiro atoms. The van der Waals surface area contributed by atoms with Gasteiger partial charge < -0.3 is 9.47 Å². The van der Waals surface area contributed by atoms with Crippen LogP contribution < -0.4 is 4.74 Å². The van der Waals surface area contributed by atoms with Gasteiger partial charge in [-0.3, -0.25) is 14.5 Å². The minimum Gasteiger partial charge on any atom is -0.489 e. The summed E-state index contributed by atoms with van der Waals surface area (Å²) < 4.78 is 10.7. The highest BCUT2D eigenvalue weighted by Crippen LogP contribution is 2.34. The number of aryl methyl sites for hydroxylation is 1. The van der Waals surface area contributed by atoms with Gasteiger partial charge in [0.25, 0.3) is 11.1 Å². The summed E-state index contributed by atoms with van der Waals surface area (Å²) in [5.74, 6) is -0.391. The predicted octanol–water partition coefficient (Wildman–Crippen LogP) is 4.56. The highest BCUT2D eigenvalue weighted by Gasteiger charge is 2.41. The molecule has 1 aliphatic heterocycles. The molecule has 3 rings (SSSR count). The average Bonchev–Trinajstić information content (AvgIpc) is 3.01. The van der Waals surface area contributed by atoms with E-state index in [2.05, 4.69) is 0 Å². The maximum absolute atomic E-state index is 12.6. The number of thioether (sulfide) groups is 1. The van der Waals surface area contributed by atoms with Gasteiger partial charge in [0.1, 0.15) is 18.4 Å². The number of carbonyl (C=O) groups is 3. The van der Waals surface area contributed by atoms with Crippen LogP contribution in [0.5, 0.6) is 5.75 Å². The number of rotatable bonds is 7. The molecule has 1 fully saturated rings. The van der Waals surface area contributed by atoms with E-state index >= 15 is 0 Å². The second-order valence-electron chi connectivity index (χ2n) is 6.82. The summed E-state index contributed by atoms with van der Waals surface area (Å²) >= 11 is 0.813. The first-order valence-corrected chi connectivity index (χ1v) is 10.4. The summed E-state index contributed by atoms with van der Waals surface area (Å²) in [6.45, 7) is 5.84. The number of amides is 2. The molecule has 156 valence electrons. The molecule has 0 aromatic heterocycles. The molecule has 1 saturated heterocycles. The Morgan fingerprint density at radius 1 is 1.10 bits per heavy atom. The summed E-state index contributed by atoms with van der Waals surface area (Å²) in [6, 6.07) is 14.4. The Hall–Kier alpha value is -3.06. The number of nitrogens with zero attached hydrogens (tertiary/aromatic N) is 1. The molecule has 2 amide bonds. The molecule has 6 nitrogen and oxygen atoms in total. The topological polar surface area (TPSA) is 72.9 Å². The molecule has 30 heavy (non-hydrogen) atoms. The fourth-order valence-electron chi connectivity index (χ4n) is 2.84. The fraction of sp³-hybridized carbons (Fsp3) is 0.261. The second-order valence-corrected chi connectivity index (χ2v) is 7.82. The van der Waals surface area contributed by atoms with Crippen LogP contribution in [0.15, 0.2) is 53.4 Å². The van der Waals surface area contributed by atoms with Crippen LogP contribution in [0.25, 0.3) is 6.08 Å². The van der Waals surface area contributed by atoms with E-state index in [4.69, 9.17) is 9.47 Å². The highest BCUT2D eigenvalue weighted by molar-refractivity contribution is 8.18. The van der Waals surface area contributed by atoms with Crippen molar-refractivity contribution in [3.63, 3.8) is 0 Å². The van der Waals surface area contributed by atoms with Crippen molar-refractivity contribution in [2.24, 2.45) is 0 Å². The van der Waals surface area contributed by atoms with Crippen LogP contribution in [0.4, 0.5) is 4.79 Å². The Morgan fingerprint density at radius 2 is 1.77 bits per heavy atom. The van der Waals surface area contributed by atoms with E-state index in [0.717, 1.165) is 27.8 Å². The number of hydrogen-bond donors (Lipinski definition) is 0. The van der Waals surface area contributed by atoms with Gasteiger partial charge in [-0.15, -0.1) is 0 Å². The van der Waals surface area contributed by atoms with Crippen LogP contribution in [-0.4, -0.2) is 34.7 Å². The zero-order chi connectivity index (χ0) is 21.7. The van der Waals surface area contributed by atoms with Crippen molar-refractivity contribution < 1.29 is 23.9 Å². The largest absolute Gasteiger partial charge is 0.489 e. The van der Waals surface area contributed by atoms with Crippen LogP contribution in [0.1, 0.15) is 30.5 Å². The van der Waals surface area contributed by atoms with Gasteiger partial charge in [-0.2, -0.15) is 0 Å². The van der Waals surface area contributed by atoms with Crippen molar-refractivity contribution in [2.45, 2.75) is 33.4 Å². The Morgan fingerprint density at radius 3 is 2.40 bits per heavy atom. The molecule has 1 heterocycles. The highest BCUT2D eigenvalue weighted by atomic mass is 32.2. The lowest BCUT2D eigenvalue weighted by Crippen LogP contribution is -2.42. The van der Waals surface area contributed by atoms with Crippen LogP contribution in [0, 0.1) is 6.92 Å². The lowest BCUT2D eigenvalue weighted by molar-refractivity contribution is -0.150. The average molecular weight is 426 g/mol. The summed E-state index contributed by atoms with van der Waals surface area (Å²) in [5, 5.41) is -0.482. The molecule has 0 aliphatic carbocycles. The zero-order valence-electron chi connectivity index (χ0n) is 17.1. The summed E-state index contributed by atoms with van der Waals surface area (Å²) in [5.41, 5.74) is 3.03. The monoisotopic (exact) mass is 425 g/mol. The third-order valence-electron chi connectivity index (χ3n) is 4.54. The van der Waals surface area contributed by atoms with Gasteiger partial charge in [-0.1, -0.05) is 42.0 Å². The number of hydrogen-bond acceptors (Lipinski definition) is 6. The first kappa shape index (κ1) is 21.6. The van der Waals surface area contributed by atoms with E-state index in [9.17, 15) is 14.4 Å². The lowest BCUT2D eigenvalue weighted by Gasteiger charge is -2.19. The van der Waals surface area contributed by atoms with Gasteiger partial charge in [-0.25, -0.2) is 4.79 Å². The van der Waals surface area contributed by atoms with Crippen molar-refractivity contribution >= 4 is 35.0 Å². The number of benzene rings is 2. The van der Waals surface area contributed by atoms with Crippen molar-refractivity contribution in [1.82, 2.24) is 4.90 Å². The fourth-order valence-corrected chi connectivity index (χ4v) is 3.75. The Kier molecular flexibility index (Phi) is 6.95. The van der Waals surface area contributed by atoms with Gasteiger partial charge >= 0.3 is 5.97 Å². The van der Waals surface area contributed by atoms with E-state index < -0.39 is 23.2 Å². The number of imide groups is 1. The van der Waals surface area contributed by atoms with Crippen molar-refractivity contribution in [3.8, 4) is 5.75 Å². The van der Waals surface area contributed by atoms with E-state index in [0.29, 0.717) is 12.4 Å². The maximum atomic E-state index is 12.6. The molecule has 0 bridgehead atoms. The quantitative estimate of drug-likeness (QED) is 0.478. The number of ether oxygens (including phenoxy) is 2. The summed E-state index contributed by atoms with van der Waals surface area (Å²) in [4.78, 5) is 37.9. The van der Waals surface area contributed by atoms with E-state index in [1.165, 1.54) is 12.5 Å². The molecular formula is C23H23NO5S. The first-order valence-electron chi connectivity index (χ1n) is 9.61. The lowest BCUT2D eigenvalue weighted by atomic mass is 10.1. The van der Waals surface area contributed by atoms with E-state index in [1.807, 2.05) is 55.5 Å². The van der Waals surface area contributed by atoms with E-state index in [1.54, 1.807) is 13.0 Å². The van der Waals surface area contributed by atoms with Gasteiger partial charge in [0.2, 0.25) is 0 Å². The zero-order valence-corrected chi connectivity index (χ0v) is 17.9. The Bertz CT molecular complexity index is 966. The molecule has 0 radical (unpaired) electrons. The molecule has 0 saturated carbocycles.